The summed E-state index contributed by atoms with van der Waals surface area (Å²) in [6, 6.07) is 48.4. The fourth-order valence-corrected chi connectivity index (χ4v) is 7.42. The molecule has 0 amide bonds. The summed E-state index contributed by atoms with van der Waals surface area (Å²) >= 11 is 0. The summed E-state index contributed by atoms with van der Waals surface area (Å²) in [6.45, 7) is 0. The zero-order valence-electron chi connectivity index (χ0n) is 23.8. The van der Waals surface area contributed by atoms with Gasteiger partial charge in [-0.3, -0.25) is 9.97 Å². The van der Waals surface area contributed by atoms with Crippen molar-refractivity contribution in [3.05, 3.63) is 146 Å². The van der Waals surface area contributed by atoms with E-state index in [1.54, 1.807) is 0 Å². The van der Waals surface area contributed by atoms with E-state index in [9.17, 15) is 0 Å². The first-order chi connectivity index (χ1) is 21.8. The molecule has 0 saturated heterocycles. The van der Waals surface area contributed by atoms with Crippen LogP contribution in [0, 0.1) is 0 Å². The molecule has 2 heterocycles. The van der Waals surface area contributed by atoms with E-state index in [2.05, 4.69) is 133 Å². The van der Waals surface area contributed by atoms with Crippen molar-refractivity contribution in [2.45, 2.75) is 0 Å². The highest BCUT2D eigenvalue weighted by atomic mass is 14.7. The maximum atomic E-state index is 5.06. The van der Waals surface area contributed by atoms with Gasteiger partial charge in [0.05, 0.1) is 11.0 Å². The molecule has 10 aromatic rings. The van der Waals surface area contributed by atoms with Crippen LogP contribution in [0.15, 0.2) is 146 Å². The lowest BCUT2D eigenvalue weighted by Gasteiger charge is -2.16. The van der Waals surface area contributed by atoms with E-state index in [-0.39, 0.29) is 0 Å². The van der Waals surface area contributed by atoms with E-state index in [4.69, 9.17) is 9.97 Å². The standard InChI is InChI=1S/C42H24N2/c1-3-11-31-25(9-1)19-37(35-15-7-5-13-33(31)35)27-17-29-23-44-40-22-28(18-30-24-43-39(21-27)41(29)42(30)40)38-20-26-10-2-4-12-32(26)34-14-6-8-16-36(34)38/h1-24H. The number of hydrogen-bond donors (Lipinski definition) is 0. The normalized spacial score (nSPS) is 12.1. The average molecular weight is 557 g/mol. The highest BCUT2D eigenvalue weighted by Crippen LogP contribution is 2.42. The number of fused-ring (bicyclic) bond motifs is 6. The van der Waals surface area contributed by atoms with Crippen molar-refractivity contribution in [1.82, 2.24) is 9.97 Å². The molecule has 0 saturated carbocycles. The van der Waals surface area contributed by atoms with E-state index >= 15 is 0 Å². The first-order valence-corrected chi connectivity index (χ1v) is 15.1. The van der Waals surface area contributed by atoms with Gasteiger partial charge in [-0.15, -0.1) is 0 Å². The zero-order valence-corrected chi connectivity index (χ0v) is 23.8. The van der Waals surface area contributed by atoms with Gasteiger partial charge in [0.2, 0.25) is 0 Å². The minimum absolute atomic E-state index is 0.999. The lowest BCUT2D eigenvalue weighted by atomic mass is 9.90. The van der Waals surface area contributed by atoms with Crippen molar-refractivity contribution in [2.24, 2.45) is 0 Å². The predicted molar refractivity (Wildman–Crippen MR) is 187 cm³/mol. The van der Waals surface area contributed by atoms with Crippen LogP contribution in [-0.2, 0) is 0 Å². The third kappa shape index (κ3) is 3.31. The molecule has 8 aromatic carbocycles. The van der Waals surface area contributed by atoms with Crippen molar-refractivity contribution in [3.63, 3.8) is 0 Å². The quantitative estimate of drug-likeness (QED) is 0.198. The van der Waals surface area contributed by atoms with Crippen LogP contribution in [-0.4, -0.2) is 9.97 Å². The van der Waals surface area contributed by atoms with Gasteiger partial charge in [0.1, 0.15) is 0 Å². The molecule has 202 valence electrons. The second-order valence-electron chi connectivity index (χ2n) is 11.8. The minimum atomic E-state index is 0.999. The Hall–Kier alpha value is -5.86. The molecule has 0 bridgehead atoms. The first-order valence-electron chi connectivity index (χ1n) is 15.1. The second kappa shape index (κ2) is 8.82. The van der Waals surface area contributed by atoms with Crippen molar-refractivity contribution < 1.29 is 0 Å². The molecule has 0 spiro atoms. The van der Waals surface area contributed by atoms with Crippen molar-refractivity contribution in [1.29, 1.82) is 0 Å². The summed E-state index contributed by atoms with van der Waals surface area (Å²) in [5.74, 6) is 0. The Morgan fingerprint density at radius 3 is 1.16 bits per heavy atom. The topological polar surface area (TPSA) is 25.8 Å². The molecule has 10 rings (SSSR count). The Morgan fingerprint density at radius 1 is 0.318 bits per heavy atom. The number of pyridine rings is 2. The number of nitrogens with zero attached hydrogens (tertiary/aromatic N) is 2. The molecule has 0 atom stereocenters. The molecule has 2 aromatic heterocycles. The number of benzene rings is 8. The van der Waals surface area contributed by atoms with Crippen LogP contribution >= 0.6 is 0 Å². The number of rotatable bonds is 2. The van der Waals surface area contributed by atoms with Gasteiger partial charge in [-0.25, -0.2) is 0 Å². The molecule has 44 heavy (non-hydrogen) atoms. The van der Waals surface area contributed by atoms with Crippen LogP contribution in [0.1, 0.15) is 0 Å². The fraction of sp³-hybridized carbons (Fsp3) is 0. The lowest BCUT2D eigenvalue weighted by Crippen LogP contribution is -1.93. The molecule has 0 aliphatic carbocycles. The Bertz CT molecular complexity index is 2520. The summed E-state index contributed by atoms with van der Waals surface area (Å²) in [4.78, 5) is 10.1. The van der Waals surface area contributed by atoms with Gasteiger partial charge in [-0.2, -0.15) is 0 Å². The van der Waals surface area contributed by atoms with Gasteiger partial charge in [0, 0.05) is 33.9 Å². The van der Waals surface area contributed by atoms with Gasteiger partial charge in [0.15, 0.2) is 0 Å². The molecular formula is C42H24N2. The molecule has 0 aliphatic heterocycles. The van der Waals surface area contributed by atoms with Gasteiger partial charge < -0.3 is 0 Å². The Kier molecular flexibility index (Phi) is 4.75. The van der Waals surface area contributed by atoms with Crippen LogP contribution < -0.4 is 0 Å². The molecule has 0 aliphatic rings. The zero-order chi connectivity index (χ0) is 28.8. The second-order valence-corrected chi connectivity index (χ2v) is 11.8. The Labute approximate surface area is 253 Å². The van der Waals surface area contributed by atoms with Gasteiger partial charge in [0.25, 0.3) is 0 Å². The third-order valence-corrected chi connectivity index (χ3v) is 9.39. The summed E-state index contributed by atoms with van der Waals surface area (Å²) in [7, 11) is 0. The van der Waals surface area contributed by atoms with Crippen LogP contribution in [0.5, 0.6) is 0 Å². The number of hydrogen-bond acceptors (Lipinski definition) is 2. The van der Waals surface area contributed by atoms with Gasteiger partial charge in [-0.05, 0) is 102 Å². The monoisotopic (exact) mass is 556 g/mol. The van der Waals surface area contributed by atoms with Crippen LogP contribution in [0.4, 0.5) is 0 Å². The highest BCUT2D eigenvalue weighted by Gasteiger charge is 2.17. The van der Waals surface area contributed by atoms with E-state index in [1.165, 1.54) is 65.0 Å². The summed E-state index contributed by atoms with van der Waals surface area (Å²) in [6.07, 6.45) is 4.06. The maximum absolute atomic E-state index is 5.06. The van der Waals surface area contributed by atoms with Crippen LogP contribution in [0.2, 0.25) is 0 Å². The Morgan fingerprint density at radius 2 is 0.705 bits per heavy atom. The van der Waals surface area contributed by atoms with E-state index in [1.807, 2.05) is 12.4 Å². The minimum Gasteiger partial charge on any atom is -0.256 e. The molecule has 0 unspecified atom stereocenters. The predicted octanol–water partition coefficient (Wildman–Crippen LogP) is 11.3. The summed E-state index contributed by atoms with van der Waals surface area (Å²) in [5, 5.41) is 14.7. The molecule has 2 heteroatoms. The molecule has 0 N–H and O–H groups in total. The molecule has 2 nitrogen and oxygen atoms in total. The van der Waals surface area contributed by atoms with E-state index in [0.29, 0.717) is 0 Å². The Balaban J connectivity index is 1.21. The summed E-state index contributed by atoms with van der Waals surface area (Å²) in [5.41, 5.74) is 6.76. The molecule has 0 radical (unpaired) electrons. The molecule has 0 fully saturated rings. The average Bonchev–Trinajstić information content (AvgIpc) is 3.09. The highest BCUT2D eigenvalue weighted by molar-refractivity contribution is 6.24. The van der Waals surface area contributed by atoms with Gasteiger partial charge >= 0.3 is 0 Å². The SMILES string of the molecule is c1ccc2c(c1)cc(-c1cc3cnc4cc(-c5cc6ccccc6c6ccccc56)cc5cnc(c1)c3c54)c1ccccc12. The third-order valence-electron chi connectivity index (χ3n) is 9.39. The van der Waals surface area contributed by atoms with Crippen LogP contribution in [0.3, 0.4) is 0 Å². The van der Waals surface area contributed by atoms with Crippen molar-refractivity contribution >= 4 is 75.7 Å². The van der Waals surface area contributed by atoms with Gasteiger partial charge in [-0.1, -0.05) is 97.1 Å². The number of aromatic nitrogens is 2. The van der Waals surface area contributed by atoms with E-state index < -0.39 is 0 Å². The maximum Gasteiger partial charge on any atom is 0.0722 e. The van der Waals surface area contributed by atoms with Crippen molar-refractivity contribution in [3.8, 4) is 22.3 Å². The first kappa shape index (κ1) is 23.7. The fourth-order valence-electron chi connectivity index (χ4n) is 7.42. The summed E-state index contributed by atoms with van der Waals surface area (Å²) < 4.78 is 0. The van der Waals surface area contributed by atoms with Crippen LogP contribution in [0.25, 0.3) is 97.9 Å². The molecular weight excluding hydrogens is 532 g/mol. The smallest absolute Gasteiger partial charge is 0.0722 e. The van der Waals surface area contributed by atoms with E-state index in [0.717, 1.165) is 32.9 Å². The lowest BCUT2D eigenvalue weighted by molar-refractivity contribution is 1.41. The van der Waals surface area contributed by atoms with Crippen molar-refractivity contribution in [2.75, 3.05) is 0 Å². The largest absolute Gasteiger partial charge is 0.256 e.